The van der Waals surface area contributed by atoms with Gasteiger partial charge < -0.3 is 10.8 Å². The van der Waals surface area contributed by atoms with Gasteiger partial charge in [0.25, 0.3) is 0 Å². The van der Waals surface area contributed by atoms with Crippen molar-refractivity contribution in [3.63, 3.8) is 0 Å². The van der Waals surface area contributed by atoms with Gasteiger partial charge in [-0.1, -0.05) is 23.7 Å². The molecule has 2 nitrogen and oxygen atoms in total. The standard InChI is InChI=1S/C10H14ClNO/c1-6-3-8(9(12)5-13)4-7(2)10(6)11/h3-4,9,13H,5,12H2,1-2H3/t9-/m0/s1. The van der Waals surface area contributed by atoms with Crippen molar-refractivity contribution >= 4 is 11.6 Å². The molecule has 72 valence electrons. The molecule has 0 unspecified atom stereocenters. The van der Waals surface area contributed by atoms with Gasteiger partial charge in [-0.05, 0) is 30.5 Å². The lowest BCUT2D eigenvalue weighted by Gasteiger charge is -2.12. The van der Waals surface area contributed by atoms with E-state index in [1.807, 2.05) is 26.0 Å². The Morgan fingerprint density at radius 3 is 2.23 bits per heavy atom. The minimum Gasteiger partial charge on any atom is -0.394 e. The minimum atomic E-state index is -0.310. The molecule has 3 N–H and O–H groups in total. The molecule has 0 aliphatic heterocycles. The lowest BCUT2D eigenvalue weighted by Crippen LogP contribution is -2.14. The zero-order valence-electron chi connectivity index (χ0n) is 7.84. The Morgan fingerprint density at radius 2 is 1.85 bits per heavy atom. The van der Waals surface area contributed by atoms with Crippen LogP contribution in [0, 0.1) is 13.8 Å². The van der Waals surface area contributed by atoms with Crippen molar-refractivity contribution in [3.8, 4) is 0 Å². The van der Waals surface area contributed by atoms with Gasteiger partial charge in [0.15, 0.2) is 0 Å². The van der Waals surface area contributed by atoms with Crippen molar-refractivity contribution in [1.82, 2.24) is 0 Å². The molecule has 0 fully saturated rings. The van der Waals surface area contributed by atoms with E-state index in [0.717, 1.165) is 21.7 Å². The molecule has 13 heavy (non-hydrogen) atoms. The molecule has 0 saturated carbocycles. The van der Waals surface area contributed by atoms with E-state index < -0.39 is 0 Å². The van der Waals surface area contributed by atoms with Crippen LogP contribution < -0.4 is 5.73 Å². The van der Waals surface area contributed by atoms with Gasteiger partial charge in [-0.25, -0.2) is 0 Å². The fourth-order valence-electron chi connectivity index (χ4n) is 1.30. The summed E-state index contributed by atoms with van der Waals surface area (Å²) in [6, 6.07) is 3.52. The lowest BCUT2D eigenvalue weighted by atomic mass is 10.0. The summed E-state index contributed by atoms with van der Waals surface area (Å²) in [4.78, 5) is 0. The molecule has 3 heteroatoms. The lowest BCUT2D eigenvalue weighted by molar-refractivity contribution is 0.268. The number of halogens is 1. The molecule has 1 aromatic carbocycles. The van der Waals surface area contributed by atoms with Crippen LogP contribution in [-0.4, -0.2) is 11.7 Å². The van der Waals surface area contributed by atoms with Gasteiger partial charge in [0.2, 0.25) is 0 Å². The topological polar surface area (TPSA) is 46.2 Å². The highest BCUT2D eigenvalue weighted by molar-refractivity contribution is 6.32. The van der Waals surface area contributed by atoms with Crippen molar-refractivity contribution in [1.29, 1.82) is 0 Å². The fourth-order valence-corrected chi connectivity index (χ4v) is 1.41. The van der Waals surface area contributed by atoms with Crippen molar-refractivity contribution in [2.75, 3.05) is 6.61 Å². The summed E-state index contributed by atoms with van der Waals surface area (Å²) in [7, 11) is 0. The highest BCUT2D eigenvalue weighted by Crippen LogP contribution is 2.24. The average molecular weight is 200 g/mol. The van der Waals surface area contributed by atoms with Crippen LogP contribution in [0.2, 0.25) is 5.02 Å². The van der Waals surface area contributed by atoms with Crippen molar-refractivity contribution < 1.29 is 5.11 Å². The molecule has 0 saturated heterocycles. The summed E-state index contributed by atoms with van der Waals surface area (Å²) >= 11 is 5.99. The Morgan fingerprint density at radius 1 is 1.38 bits per heavy atom. The predicted octanol–water partition coefficient (Wildman–Crippen LogP) is 1.95. The van der Waals surface area contributed by atoms with E-state index >= 15 is 0 Å². The third-order valence-electron chi connectivity index (χ3n) is 2.08. The number of aryl methyl sites for hydroxylation is 2. The summed E-state index contributed by atoms with van der Waals surface area (Å²) in [5.41, 5.74) is 8.62. The molecule has 0 bridgehead atoms. The van der Waals surface area contributed by atoms with Gasteiger partial charge in [0, 0.05) is 5.02 Å². The number of benzene rings is 1. The molecule has 0 heterocycles. The Balaban J connectivity index is 3.13. The SMILES string of the molecule is Cc1cc([C@@H](N)CO)cc(C)c1Cl. The van der Waals surface area contributed by atoms with E-state index in [2.05, 4.69) is 0 Å². The number of hydrogen-bond donors (Lipinski definition) is 2. The second-order valence-corrected chi connectivity index (χ2v) is 3.64. The normalized spacial score (nSPS) is 13.0. The first-order valence-electron chi connectivity index (χ1n) is 4.19. The monoisotopic (exact) mass is 199 g/mol. The first-order chi connectivity index (χ1) is 6.06. The predicted molar refractivity (Wildman–Crippen MR) is 54.9 cm³/mol. The Labute approximate surface area is 83.3 Å². The van der Waals surface area contributed by atoms with E-state index in [9.17, 15) is 0 Å². The maximum Gasteiger partial charge on any atom is 0.0624 e. The highest BCUT2D eigenvalue weighted by atomic mass is 35.5. The number of aliphatic hydroxyl groups excluding tert-OH is 1. The Hall–Kier alpha value is -0.570. The molecule has 0 aliphatic carbocycles. The number of nitrogens with two attached hydrogens (primary N) is 1. The first kappa shape index (κ1) is 10.5. The van der Waals surface area contributed by atoms with Gasteiger partial charge in [0.1, 0.15) is 0 Å². The molecule has 1 aromatic rings. The summed E-state index contributed by atoms with van der Waals surface area (Å²) in [5, 5.41) is 9.65. The van der Waals surface area contributed by atoms with Crippen molar-refractivity contribution in [2.45, 2.75) is 19.9 Å². The number of rotatable bonds is 2. The summed E-state index contributed by atoms with van der Waals surface area (Å²) < 4.78 is 0. The van der Waals surface area contributed by atoms with Crippen LogP contribution in [0.1, 0.15) is 22.7 Å². The molecule has 1 atom stereocenters. The van der Waals surface area contributed by atoms with Gasteiger partial charge >= 0.3 is 0 Å². The highest BCUT2D eigenvalue weighted by Gasteiger charge is 2.08. The van der Waals surface area contributed by atoms with Crippen LogP contribution in [0.3, 0.4) is 0 Å². The van der Waals surface area contributed by atoms with Gasteiger partial charge in [-0.15, -0.1) is 0 Å². The second kappa shape index (κ2) is 4.09. The van der Waals surface area contributed by atoms with Gasteiger partial charge in [-0.2, -0.15) is 0 Å². The van der Waals surface area contributed by atoms with Crippen LogP contribution in [0.5, 0.6) is 0 Å². The summed E-state index contributed by atoms with van der Waals surface area (Å²) in [6.07, 6.45) is 0. The molecule has 1 rings (SSSR count). The summed E-state index contributed by atoms with van der Waals surface area (Å²) in [6.45, 7) is 3.83. The zero-order chi connectivity index (χ0) is 10.0. The third kappa shape index (κ3) is 2.21. The summed E-state index contributed by atoms with van der Waals surface area (Å²) in [5.74, 6) is 0. The van der Waals surface area contributed by atoms with Crippen LogP contribution in [0.25, 0.3) is 0 Å². The Bertz CT molecular complexity index is 289. The third-order valence-corrected chi connectivity index (χ3v) is 2.68. The van der Waals surface area contributed by atoms with E-state index in [4.69, 9.17) is 22.4 Å². The van der Waals surface area contributed by atoms with E-state index in [-0.39, 0.29) is 12.6 Å². The molecule has 0 aromatic heterocycles. The van der Waals surface area contributed by atoms with Gasteiger partial charge in [0.05, 0.1) is 12.6 Å². The van der Waals surface area contributed by atoms with E-state index in [1.54, 1.807) is 0 Å². The second-order valence-electron chi connectivity index (χ2n) is 3.26. The Kier molecular flexibility index (Phi) is 3.31. The molecule has 0 spiro atoms. The molecular weight excluding hydrogens is 186 g/mol. The van der Waals surface area contributed by atoms with Gasteiger partial charge in [-0.3, -0.25) is 0 Å². The van der Waals surface area contributed by atoms with E-state index in [0.29, 0.717) is 0 Å². The van der Waals surface area contributed by atoms with E-state index in [1.165, 1.54) is 0 Å². The smallest absolute Gasteiger partial charge is 0.0624 e. The first-order valence-corrected chi connectivity index (χ1v) is 4.57. The van der Waals surface area contributed by atoms with Crippen molar-refractivity contribution in [3.05, 3.63) is 33.8 Å². The average Bonchev–Trinajstić information content (AvgIpc) is 2.12. The fraction of sp³-hybridized carbons (Fsp3) is 0.400. The largest absolute Gasteiger partial charge is 0.394 e. The maximum absolute atomic E-state index is 8.88. The quantitative estimate of drug-likeness (QED) is 0.765. The molecule has 0 amide bonds. The van der Waals surface area contributed by atoms with Crippen LogP contribution in [0.4, 0.5) is 0 Å². The van der Waals surface area contributed by atoms with Crippen LogP contribution >= 0.6 is 11.6 Å². The molecule has 0 aliphatic rings. The van der Waals surface area contributed by atoms with Crippen LogP contribution in [0.15, 0.2) is 12.1 Å². The molecular formula is C10H14ClNO. The number of aliphatic hydroxyl groups is 1. The minimum absolute atomic E-state index is 0.0412. The van der Waals surface area contributed by atoms with Crippen molar-refractivity contribution in [2.24, 2.45) is 5.73 Å². The molecule has 0 radical (unpaired) electrons. The zero-order valence-corrected chi connectivity index (χ0v) is 8.60. The van der Waals surface area contributed by atoms with Crippen LogP contribution in [-0.2, 0) is 0 Å². The number of hydrogen-bond acceptors (Lipinski definition) is 2. The maximum atomic E-state index is 8.88.